The lowest BCUT2D eigenvalue weighted by Gasteiger charge is -2.36. The molecule has 0 aliphatic carbocycles. The lowest BCUT2D eigenvalue weighted by atomic mass is 9.92. The first kappa shape index (κ1) is 18.4. The van der Waals surface area contributed by atoms with Crippen molar-refractivity contribution in [3.63, 3.8) is 0 Å². The molecule has 2 aromatic carbocycles. The van der Waals surface area contributed by atoms with Gasteiger partial charge in [-0.3, -0.25) is 0 Å². The lowest BCUT2D eigenvalue weighted by molar-refractivity contribution is 0.620. The molecule has 2 aromatic heterocycles. The highest BCUT2D eigenvalue weighted by molar-refractivity contribution is 6.31. The van der Waals surface area contributed by atoms with Crippen molar-refractivity contribution in [2.45, 2.75) is 26.3 Å². The van der Waals surface area contributed by atoms with Crippen molar-refractivity contribution in [3.05, 3.63) is 81.0 Å². The van der Waals surface area contributed by atoms with Gasteiger partial charge in [0, 0.05) is 33.2 Å². The van der Waals surface area contributed by atoms with Crippen LogP contribution in [0.25, 0.3) is 10.9 Å². The molecule has 5 nitrogen and oxygen atoms in total. The standard InChI is InChI=1S/C22H19Cl2N5/c1-12-25-13(2)27-22(26-12)29-10-9-17-18-11-16(24)7-8-19(18)28-20(17)21(29)14-3-5-15(23)6-4-14/h3-8,11,21,28H,9-10H2,1-2H3. The molecule has 3 heterocycles. The van der Waals surface area contributed by atoms with Gasteiger partial charge in [-0.05, 0) is 61.7 Å². The Morgan fingerprint density at radius 2 is 1.62 bits per heavy atom. The molecule has 7 heteroatoms. The lowest BCUT2D eigenvalue weighted by Crippen LogP contribution is -2.37. The van der Waals surface area contributed by atoms with Crippen molar-refractivity contribution in [3.8, 4) is 0 Å². The third-order valence-electron chi connectivity index (χ3n) is 5.38. The van der Waals surface area contributed by atoms with E-state index in [2.05, 4.69) is 37.0 Å². The zero-order chi connectivity index (χ0) is 20.1. The number of aromatic amines is 1. The van der Waals surface area contributed by atoms with Crippen LogP contribution in [-0.4, -0.2) is 26.5 Å². The molecule has 0 spiro atoms. The van der Waals surface area contributed by atoms with Gasteiger partial charge in [0.2, 0.25) is 5.95 Å². The Labute approximate surface area is 178 Å². The minimum absolute atomic E-state index is 0.0524. The second-order valence-corrected chi connectivity index (χ2v) is 8.21. The predicted molar refractivity (Wildman–Crippen MR) is 117 cm³/mol. The fourth-order valence-electron chi connectivity index (χ4n) is 4.19. The van der Waals surface area contributed by atoms with Crippen molar-refractivity contribution < 1.29 is 0 Å². The highest BCUT2D eigenvalue weighted by atomic mass is 35.5. The first-order chi connectivity index (χ1) is 14.0. The maximum atomic E-state index is 6.28. The number of nitrogens with one attached hydrogen (secondary N) is 1. The van der Waals surface area contributed by atoms with Crippen molar-refractivity contribution in [2.24, 2.45) is 0 Å². The van der Waals surface area contributed by atoms with E-state index in [-0.39, 0.29) is 6.04 Å². The Kier molecular flexibility index (Phi) is 4.45. The predicted octanol–water partition coefficient (Wildman–Crippen LogP) is 5.43. The van der Waals surface area contributed by atoms with E-state index in [1.165, 1.54) is 10.9 Å². The van der Waals surface area contributed by atoms with Gasteiger partial charge >= 0.3 is 0 Å². The highest BCUT2D eigenvalue weighted by Gasteiger charge is 2.33. The summed E-state index contributed by atoms with van der Waals surface area (Å²) in [6.07, 6.45) is 0.879. The Morgan fingerprint density at radius 3 is 2.34 bits per heavy atom. The van der Waals surface area contributed by atoms with Crippen LogP contribution in [0.2, 0.25) is 10.0 Å². The largest absolute Gasteiger partial charge is 0.356 e. The second kappa shape index (κ2) is 7.01. The fourth-order valence-corrected chi connectivity index (χ4v) is 4.49. The highest BCUT2D eigenvalue weighted by Crippen LogP contribution is 2.40. The molecule has 1 N–H and O–H groups in total. The van der Waals surface area contributed by atoms with Crippen LogP contribution in [0.5, 0.6) is 0 Å². The first-order valence-corrected chi connectivity index (χ1v) is 10.3. The maximum absolute atomic E-state index is 6.28. The molecule has 0 amide bonds. The van der Waals surface area contributed by atoms with E-state index in [0.717, 1.165) is 46.4 Å². The maximum Gasteiger partial charge on any atom is 0.229 e. The zero-order valence-electron chi connectivity index (χ0n) is 16.1. The summed E-state index contributed by atoms with van der Waals surface area (Å²) in [6, 6.07) is 13.9. The Bertz CT molecular complexity index is 1200. The van der Waals surface area contributed by atoms with E-state index in [4.69, 9.17) is 23.2 Å². The average Bonchev–Trinajstić information content (AvgIpc) is 3.05. The van der Waals surface area contributed by atoms with Gasteiger partial charge in [-0.15, -0.1) is 0 Å². The van der Waals surface area contributed by atoms with Crippen molar-refractivity contribution in [2.75, 3.05) is 11.4 Å². The molecule has 0 bridgehead atoms. The van der Waals surface area contributed by atoms with Crippen LogP contribution >= 0.6 is 23.2 Å². The van der Waals surface area contributed by atoms with Crippen LogP contribution in [0.1, 0.15) is 34.5 Å². The molecular formula is C22H19Cl2N5. The zero-order valence-corrected chi connectivity index (χ0v) is 17.6. The molecule has 4 aromatic rings. The van der Waals surface area contributed by atoms with Gasteiger partial charge in [0.1, 0.15) is 11.6 Å². The average molecular weight is 424 g/mol. The minimum Gasteiger partial charge on any atom is -0.356 e. The van der Waals surface area contributed by atoms with Crippen molar-refractivity contribution in [1.29, 1.82) is 0 Å². The van der Waals surface area contributed by atoms with E-state index in [1.54, 1.807) is 0 Å². The second-order valence-electron chi connectivity index (χ2n) is 7.33. The van der Waals surface area contributed by atoms with Crippen LogP contribution in [0, 0.1) is 13.8 Å². The van der Waals surface area contributed by atoms with Crippen LogP contribution < -0.4 is 4.90 Å². The van der Waals surface area contributed by atoms with Crippen LogP contribution in [-0.2, 0) is 6.42 Å². The van der Waals surface area contributed by atoms with E-state index in [9.17, 15) is 0 Å². The Morgan fingerprint density at radius 1 is 0.931 bits per heavy atom. The number of nitrogens with zero attached hydrogens (tertiary/aromatic N) is 4. The number of anilines is 1. The smallest absolute Gasteiger partial charge is 0.229 e. The van der Waals surface area contributed by atoms with Gasteiger partial charge < -0.3 is 9.88 Å². The van der Waals surface area contributed by atoms with Gasteiger partial charge in [-0.25, -0.2) is 4.98 Å². The van der Waals surface area contributed by atoms with Gasteiger partial charge in [0.15, 0.2) is 0 Å². The molecule has 0 saturated heterocycles. The Hall–Kier alpha value is -2.63. The van der Waals surface area contributed by atoms with Gasteiger partial charge in [0.25, 0.3) is 0 Å². The molecule has 1 aliphatic heterocycles. The number of H-pyrrole nitrogens is 1. The summed E-state index contributed by atoms with van der Waals surface area (Å²) in [5, 5.41) is 2.63. The first-order valence-electron chi connectivity index (χ1n) is 9.51. The molecule has 146 valence electrons. The molecule has 0 saturated carbocycles. The number of aryl methyl sites for hydroxylation is 2. The summed E-state index contributed by atoms with van der Waals surface area (Å²) in [4.78, 5) is 19.5. The summed E-state index contributed by atoms with van der Waals surface area (Å²) in [6.45, 7) is 4.59. The van der Waals surface area contributed by atoms with Gasteiger partial charge in [-0.2, -0.15) is 9.97 Å². The molecule has 29 heavy (non-hydrogen) atoms. The third kappa shape index (κ3) is 3.24. The van der Waals surface area contributed by atoms with Gasteiger partial charge in [0.05, 0.1) is 6.04 Å². The number of aromatic nitrogens is 4. The molecule has 0 fully saturated rings. The summed E-state index contributed by atoms with van der Waals surface area (Å²) in [7, 11) is 0. The number of hydrogen-bond acceptors (Lipinski definition) is 4. The minimum atomic E-state index is -0.0524. The van der Waals surface area contributed by atoms with E-state index in [0.29, 0.717) is 11.0 Å². The summed E-state index contributed by atoms with van der Waals surface area (Å²) < 4.78 is 0. The molecule has 1 atom stereocenters. The fraction of sp³-hybridized carbons (Fsp3) is 0.227. The SMILES string of the molecule is Cc1nc(C)nc(N2CCc3c([nH]c4ccc(Cl)cc34)C2c2ccc(Cl)cc2)n1. The summed E-state index contributed by atoms with van der Waals surface area (Å²) >= 11 is 12.4. The number of hydrogen-bond donors (Lipinski definition) is 1. The number of benzene rings is 2. The molecule has 5 rings (SSSR count). The topological polar surface area (TPSA) is 57.7 Å². The monoisotopic (exact) mass is 423 g/mol. The normalized spacial score (nSPS) is 16.3. The van der Waals surface area contributed by atoms with E-state index >= 15 is 0 Å². The van der Waals surface area contributed by atoms with Crippen molar-refractivity contribution in [1.82, 2.24) is 19.9 Å². The van der Waals surface area contributed by atoms with Crippen molar-refractivity contribution >= 4 is 40.1 Å². The van der Waals surface area contributed by atoms with Crippen LogP contribution in [0.3, 0.4) is 0 Å². The molecule has 1 unspecified atom stereocenters. The quantitative estimate of drug-likeness (QED) is 0.466. The van der Waals surface area contributed by atoms with E-state index in [1.807, 2.05) is 44.2 Å². The summed E-state index contributed by atoms with van der Waals surface area (Å²) in [5.41, 5.74) is 4.65. The number of halogens is 2. The molecule has 0 radical (unpaired) electrons. The summed E-state index contributed by atoms with van der Waals surface area (Å²) in [5.74, 6) is 2.13. The molecule has 1 aliphatic rings. The number of fused-ring (bicyclic) bond motifs is 3. The van der Waals surface area contributed by atoms with Gasteiger partial charge in [-0.1, -0.05) is 35.3 Å². The Balaban J connectivity index is 1.72. The van der Waals surface area contributed by atoms with E-state index < -0.39 is 0 Å². The number of rotatable bonds is 2. The molecular weight excluding hydrogens is 405 g/mol. The van der Waals surface area contributed by atoms with Crippen LogP contribution in [0.15, 0.2) is 42.5 Å². The van der Waals surface area contributed by atoms with Crippen LogP contribution in [0.4, 0.5) is 5.95 Å². The third-order valence-corrected chi connectivity index (χ3v) is 5.87.